The number of carbonyl (C=O) groups excluding carboxylic acids is 1. The van der Waals surface area contributed by atoms with Gasteiger partial charge in [-0.15, -0.1) is 0 Å². The molecule has 2 rings (SSSR count). The predicted molar refractivity (Wildman–Crippen MR) is 75.1 cm³/mol. The largest absolute Gasteiger partial charge is 0.399 e. The number of hydrogen-bond acceptors (Lipinski definition) is 4. The van der Waals surface area contributed by atoms with Crippen LogP contribution in [0.4, 0.5) is 5.69 Å². The van der Waals surface area contributed by atoms with Crippen LogP contribution < -0.4 is 11.1 Å². The lowest BCUT2D eigenvalue weighted by Gasteiger charge is -2.26. The van der Waals surface area contributed by atoms with Crippen molar-refractivity contribution in [3.8, 4) is 0 Å². The van der Waals surface area contributed by atoms with E-state index in [2.05, 4.69) is 10.2 Å². The zero-order valence-electron chi connectivity index (χ0n) is 11.1. The van der Waals surface area contributed by atoms with Gasteiger partial charge in [0, 0.05) is 30.9 Å². The molecule has 1 saturated heterocycles. The van der Waals surface area contributed by atoms with Crippen molar-refractivity contribution in [1.29, 1.82) is 0 Å². The van der Waals surface area contributed by atoms with Gasteiger partial charge in [-0.2, -0.15) is 0 Å². The SMILES string of the molecule is Nc1cccc(C(=O)NCCCN2CCOCC2)c1. The lowest BCUT2D eigenvalue weighted by molar-refractivity contribution is 0.0374. The topological polar surface area (TPSA) is 67.6 Å². The Kier molecular flexibility index (Phi) is 5.18. The monoisotopic (exact) mass is 263 g/mol. The van der Waals surface area contributed by atoms with Gasteiger partial charge in [-0.25, -0.2) is 0 Å². The number of hydrogen-bond donors (Lipinski definition) is 2. The molecule has 0 aliphatic carbocycles. The molecule has 0 spiro atoms. The number of morpholine rings is 1. The Bertz CT molecular complexity index is 417. The quantitative estimate of drug-likeness (QED) is 0.607. The van der Waals surface area contributed by atoms with Crippen molar-refractivity contribution in [3.05, 3.63) is 29.8 Å². The minimum atomic E-state index is -0.0609. The van der Waals surface area contributed by atoms with E-state index in [1.807, 2.05) is 0 Å². The van der Waals surface area contributed by atoms with Crippen LogP contribution in [0, 0.1) is 0 Å². The fourth-order valence-electron chi connectivity index (χ4n) is 2.11. The van der Waals surface area contributed by atoms with Crippen LogP contribution in [-0.4, -0.2) is 50.2 Å². The highest BCUT2D eigenvalue weighted by Gasteiger charge is 2.10. The molecule has 0 bridgehead atoms. The van der Waals surface area contributed by atoms with Gasteiger partial charge in [0.05, 0.1) is 13.2 Å². The highest BCUT2D eigenvalue weighted by atomic mass is 16.5. The van der Waals surface area contributed by atoms with E-state index in [4.69, 9.17) is 10.5 Å². The second-order valence-electron chi connectivity index (χ2n) is 4.69. The molecule has 1 aromatic carbocycles. The van der Waals surface area contributed by atoms with Gasteiger partial charge in [0.15, 0.2) is 0 Å². The van der Waals surface area contributed by atoms with E-state index in [0.29, 0.717) is 17.8 Å². The van der Waals surface area contributed by atoms with Crippen LogP contribution in [-0.2, 0) is 4.74 Å². The van der Waals surface area contributed by atoms with Crippen molar-refractivity contribution in [3.63, 3.8) is 0 Å². The van der Waals surface area contributed by atoms with E-state index in [-0.39, 0.29) is 5.91 Å². The minimum absolute atomic E-state index is 0.0609. The summed E-state index contributed by atoms with van der Waals surface area (Å²) in [6.07, 6.45) is 0.952. The molecule has 5 nitrogen and oxygen atoms in total. The molecule has 19 heavy (non-hydrogen) atoms. The number of anilines is 1. The zero-order valence-corrected chi connectivity index (χ0v) is 11.1. The maximum absolute atomic E-state index is 11.8. The molecule has 0 atom stereocenters. The van der Waals surface area contributed by atoms with Crippen molar-refractivity contribution in [2.75, 3.05) is 45.1 Å². The average Bonchev–Trinajstić information content (AvgIpc) is 2.44. The van der Waals surface area contributed by atoms with Gasteiger partial charge in [-0.1, -0.05) is 6.07 Å². The highest BCUT2D eigenvalue weighted by Crippen LogP contribution is 2.06. The molecule has 0 radical (unpaired) electrons. The summed E-state index contributed by atoms with van der Waals surface area (Å²) in [5, 5.41) is 2.91. The van der Waals surface area contributed by atoms with Crippen molar-refractivity contribution >= 4 is 11.6 Å². The third kappa shape index (κ3) is 4.54. The lowest BCUT2D eigenvalue weighted by atomic mass is 10.2. The number of amides is 1. The van der Waals surface area contributed by atoms with E-state index in [0.717, 1.165) is 39.3 Å². The molecular weight excluding hydrogens is 242 g/mol. The van der Waals surface area contributed by atoms with Crippen LogP contribution in [0.5, 0.6) is 0 Å². The molecule has 1 aliphatic heterocycles. The van der Waals surface area contributed by atoms with Gasteiger partial charge in [0.1, 0.15) is 0 Å². The lowest BCUT2D eigenvalue weighted by Crippen LogP contribution is -2.38. The van der Waals surface area contributed by atoms with E-state index in [1.165, 1.54) is 0 Å². The molecule has 104 valence electrons. The van der Waals surface area contributed by atoms with Crippen molar-refractivity contribution in [1.82, 2.24) is 10.2 Å². The third-order valence-electron chi connectivity index (χ3n) is 3.19. The van der Waals surface area contributed by atoms with Crippen LogP contribution in [0.3, 0.4) is 0 Å². The van der Waals surface area contributed by atoms with Gasteiger partial charge in [-0.3, -0.25) is 9.69 Å². The summed E-state index contributed by atoms with van der Waals surface area (Å²) in [6.45, 7) is 5.29. The Morgan fingerprint density at radius 3 is 2.89 bits per heavy atom. The number of nitrogens with zero attached hydrogens (tertiary/aromatic N) is 1. The predicted octanol–water partition coefficient (Wildman–Crippen LogP) is 0.721. The molecule has 1 heterocycles. The maximum atomic E-state index is 11.8. The Hall–Kier alpha value is -1.59. The first kappa shape index (κ1) is 13.8. The first-order chi connectivity index (χ1) is 9.25. The molecule has 3 N–H and O–H groups in total. The number of nitrogens with two attached hydrogens (primary N) is 1. The van der Waals surface area contributed by atoms with Gasteiger partial charge in [-0.05, 0) is 31.2 Å². The summed E-state index contributed by atoms with van der Waals surface area (Å²) in [7, 11) is 0. The Labute approximate surface area is 113 Å². The van der Waals surface area contributed by atoms with Gasteiger partial charge < -0.3 is 15.8 Å². The van der Waals surface area contributed by atoms with E-state index in [9.17, 15) is 4.79 Å². The Morgan fingerprint density at radius 1 is 1.37 bits per heavy atom. The first-order valence-electron chi connectivity index (χ1n) is 6.69. The number of nitrogen functional groups attached to an aromatic ring is 1. The highest BCUT2D eigenvalue weighted by molar-refractivity contribution is 5.94. The van der Waals surface area contributed by atoms with Gasteiger partial charge in [0.25, 0.3) is 5.91 Å². The summed E-state index contributed by atoms with van der Waals surface area (Å²) in [4.78, 5) is 14.2. The number of nitrogens with one attached hydrogen (secondary N) is 1. The van der Waals surface area contributed by atoms with Crippen molar-refractivity contribution < 1.29 is 9.53 Å². The normalized spacial score (nSPS) is 16.2. The van der Waals surface area contributed by atoms with Gasteiger partial charge >= 0.3 is 0 Å². The summed E-state index contributed by atoms with van der Waals surface area (Å²) < 4.78 is 5.29. The van der Waals surface area contributed by atoms with Crippen LogP contribution in [0.1, 0.15) is 16.8 Å². The summed E-state index contributed by atoms with van der Waals surface area (Å²) in [5.41, 5.74) is 6.88. The van der Waals surface area contributed by atoms with E-state index in [1.54, 1.807) is 24.3 Å². The fourth-order valence-corrected chi connectivity index (χ4v) is 2.11. The third-order valence-corrected chi connectivity index (χ3v) is 3.19. The smallest absolute Gasteiger partial charge is 0.251 e. The van der Waals surface area contributed by atoms with E-state index >= 15 is 0 Å². The standard InChI is InChI=1S/C14H21N3O2/c15-13-4-1-3-12(11-13)14(18)16-5-2-6-17-7-9-19-10-8-17/h1,3-4,11H,2,5-10,15H2,(H,16,18). The Morgan fingerprint density at radius 2 is 2.16 bits per heavy atom. The number of rotatable bonds is 5. The van der Waals surface area contributed by atoms with E-state index < -0.39 is 0 Å². The molecule has 0 unspecified atom stereocenters. The molecule has 5 heteroatoms. The maximum Gasteiger partial charge on any atom is 0.251 e. The second kappa shape index (κ2) is 7.11. The van der Waals surface area contributed by atoms with Crippen LogP contribution in [0.2, 0.25) is 0 Å². The molecular formula is C14H21N3O2. The molecule has 1 aromatic rings. The zero-order chi connectivity index (χ0) is 13.5. The van der Waals surface area contributed by atoms with Gasteiger partial charge in [0.2, 0.25) is 0 Å². The van der Waals surface area contributed by atoms with Crippen LogP contribution in [0.15, 0.2) is 24.3 Å². The molecule has 1 fully saturated rings. The van der Waals surface area contributed by atoms with Crippen molar-refractivity contribution in [2.45, 2.75) is 6.42 Å². The number of ether oxygens (including phenoxy) is 1. The van der Waals surface area contributed by atoms with Crippen LogP contribution >= 0.6 is 0 Å². The summed E-state index contributed by atoms with van der Waals surface area (Å²) in [6, 6.07) is 7.03. The molecule has 0 saturated carbocycles. The summed E-state index contributed by atoms with van der Waals surface area (Å²) in [5.74, 6) is -0.0609. The Balaban J connectivity index is 1.66. The molecule has 0 aromatic heterocycles. The number of carbonyl (C=O) groups is 1. The summed E-state index contributed by atoms with van der Waals surface area (Å²) >= 11 is 0. The first-order valence-corrected chi connectivity index (χ1v) is 6.69. The van der Waals surface area contributed by atoms with Crippen LogP contribution in [0.25, 0.3) is 0 Å². The number of benzene rings is 1. The molecule has 1 amide bonds. The minimum Gasteiger partial charge on any atom is -0.399 e. The second-order valence-corrected chi connectivity index (χ2v) is 4.69. The molecule has 1 aliphatic rings. The average molecular weight is 263 g/mol. The van der Waals surface area contributed by atoms with Crippen molar-refractivity contribution in [2.24, 2.45) is 0 Å². The fraction of sp³-hybridized carbons (Fsp3) is 0.500.